The number of carbonyl (C=O) groups is 1. The fourth-order valence-electron chi connectivity index (χ4n) is 2.18. The van der Waals surface area contributed by atoms with Crippen molar-refractivity contribution in [2.45, 2.75) is 32.1 Å². The first-order valence-electron chi connectivity index (χ1n) is 7.78. The first kappa shape index (κ1) is 19.4. The van der Waals surface area contributed by atoms with Gasteiger partial charge in [0.25, 0.3) is 0 Å². The van der Waals surface area contributed by atoms with E-state index >= 15 is 0 Å². The van der Waals surface area contributed by atoms with E-state index in [1.54, 1.807) is 0 Å². The van der Waals surface area contributed by atoms with Gasteiger partial charge in [-0.3, -0.25) is 4.79 Å². The van der Waals surface area contributed by atoms with Crippen LogP contribution in [0.4, 0.5) is 0 Å². The van der Waals surface area contributed by atoms with Gasteiger partial charge in [0, 0.05) is 19.5 Å². The topological polar surface area (TPSA) is 74.7 Å². The summed E-state index contributed by atoms with van der Waals surface area (Å²) in [5.74, 6) is -0.784. The van der Waals surface area contributed by atoms with Crippen molar-refractivity contribution in [2.24, 2.45) is 0 Å². The summed E-state index contributed by atoms with van der Waals surface area (Å²) >= 11 is 0. The van der Waals surface area contributed by atoms with Crippen LogP contribution >= 0.6 is 0 Å². The zero-order valence-corrected chi connectivity index (χ0v) is 14.3. The summed E-state index contributed by atoms with van der Waals surface area (Å²) in [5, 5.41) is 8.56. The van der Waals surface area contributed by atoms with Gasteiger partial charge in [-0.15, -0.1) is 0 Å². The lowest BCUT2D eigenvalue weighted by molar-refractivity contribution is -0.137. The molecule has 0 radical (unpaired) electrons. The number of unbranched alkanes of at least 4 members (excludes halogenated alkanes) is 3. The summed E-state index contributed by atoms with van der Waals surface area (Å²) in [7, 11) is -3.24. The van der Waals surface area contributed by atoms with Gasteiger partial charge in [-0.2, -0.15) is 4.31 Å². The van der Waals surface area contributed by atoms with Crippen molar-refractivity contribution >= 4 is 22.1 Å². The smallest absolute Gasteiger partial charge is 0.303 e. The molecule has 6 heteroatoms. The normalized spacial score (nSPS) is 12.1. The van der Waals surface area contributed by atoms with Gasteiger partial charge >= 0.3 is 5.97 Å². The molecule has 0 amide bonds. The van der Waals surface area contributed by atoms with Gasteiger partial charge in [0.05, 0.1) is 6.26 Å². The molecule has 0 atom stereocenters. The highest BCUT2D eigenvalue weighted by Crippen LogP contribution is 2.08. The second-order valence-corrected chi connectivity index (χ2v) is 7.47. The molecule has 1 aromatic rings. The highest BCUT2D eigenvalue weighted by molar-refractivity contribution is 7.88. The van der Waals surface area contributed by atoms with E-state index in [-0.39, 0.29) is 6.42 Å². The lowest BCUT2D eigenvalue weighted by Crippen LogP contribution is -2.31. The van der Waals surface area contributed by atoms with Gasteiger partial charge in [0.2, 0.25) is 10.0 Å². The molecular formula is C17H25NO4S. The van der Waals surface area contributed by atoms with E-state index in [9.17, 15) is 13.2 Å². The summed E-state index contributed by atoms with van der Waals surface area (Å²) < 4.78 is 25.0. The third-order valence-corrected chi connectivity index (χ3v) is 4.71. The second kappa shape index (κ2) is 10.2. The van der Waals surface area contributed by atoms with E-state index in [0.29, 0.717) is 19.5 Å². The van der Waals surface area contributed by atoms with Gasteiger partial charge < -0.3 is 5.11 Å². The maximum Gasteiger partial charge on any atom is 0.303 e. The Hall–Kier alpha value is -1.66. The van der Waals surface area contributed by atoms with E-state index in [1.165, 1.54) is 10.6 Å². The molecule has 1 N–H and O–H groups in total. The molecule has 0 unspecified atom stereocenters. The Kier molecular flexibility index (Phi) is 8.58. The molecule has 0 spiro atoms. The summed E-state index contributed by atoms with van der Waals surface area (Å²) in [6.45, 7) is 0.813. The van der Waals surface area contributed by atoms with Crippen LogP contribution in [-0.2, 0) is 14.8 Å². The average molecular weight is 339 g/mol. The average Bonchev–Trinajstić information content (AvgIpc) is 2.48. The largest absolute Gasteiger partial charge is 0.481 e. The van der Waals surface area contributed by atoms with Gasteiger partial charge in [-0.05, 0) is 18.4 Å². The van der Waals surface area contributed by atoms with Crippen molar-refractivity contribution < 1.29 is 18.3 Å². The maximum atomic E-state index is 11.8. The van der Waals surface area contributed by atoms with E-state index < -0.39 is 16.0 Å². The highest BCUT2D eigenvalue weighted by Gasteiger charge is 2.14. The minimum atomic E-state index is -3.24. The zero-order valence-electron chi connectivity index (χ0n) is 13.5. The Morgan fingerprint density at radius 2 is 1.78 bits per heavy atom. The van der Waals surface area contributed by atoms with Gasteiger partial charge in [0.1, 0.15) is 0 Å². The molecule has 128 valence electrons. The predicted octanol–water partition coefficient (Wildman–Crippen LogP) is 3.00. The number of rotatable bonds is 11. The number of carboxylic acid groups (broad SMARTS) is 1. The molecule has 0 bridgehead atoms. The Bertz CT molecular complexity index is 596. The molecule has 5 nitrogen and oxygen atoms in total. The molecule has 0 aliphatic heterocycles. The maximum absolute atomic E-state index is 11.8. The first-order valence-corrected chi connectivity index (χ1v) is 9.63. The number of sulfonamides is 1. The molecule has 23 heavy (non-hydrogen) atoms. The van der Waals surface area contributed by atoms with Crippen molar-refractivity contribution in [3.63, 3.8) is 0 Å². The van der Waals surface area contributed by atoms with Gasteiger partial charge in [-0.1, -0.05) is 55.3 Å². The van der Waals surface area contributed by atoms with Crippen LogP contribution in [0.2, 0.25) is 0 Å². The lowest BCUT2D eigenvalue weighted by Gasteiger charge is -2.18. The summed E-state index contributed by atoms with van der Waals surface area (Å²) in [5.41, 5.74) is 1.04. The van der Waals surface area contributed by atoms with Crippen LogP contribution in [0.1, 0.15) is 37.7 Å². The molecule has 1 rings (SSSR count). The van der Waals surface area contributed by atoms with E-state index in [2.05, 4.69) is 0 Å². The first-order chi connectivity index (χ1) is 10.9. The SMILES string of the molecule is CS(=O)(=O)N(CC=Cc1ccccc1)CCCCCCC(=O)O. The third kappa shape index (κ3) is 9.15. The molecule has 0 aromatic heterocycles. The van der Waals surface area contributed by atoms with Crippen LogP contribution in [0.3, 0.4) is 0 Å². The Labute approximate surface area is 138 Å². The number of aliphatic carboxylic acids is 1. The summed E-state index contributed by atoms with van der Waals surface area (Å²) in [6, 6.07) is 9.73. The lowest BCUT2D eigenvalue weighted by atomic mass is 10.1. The zero-order chi connectivity index (χ0) is 17.1. The fourth-order valence-corrected chi connectivity index (χ4v) is 3.00. The van der Waals surface area contributed by atoms with Crippen molar-refractivity contribution in [3.05, 3.63) is 42.0 Å². The van der Waals surface area contributed by atoms with Crippen molar-refractivity contribution in [1.29, 1.82) is 0 Å². The molecule has 0 heterocycles. The molecule has 1 aromatic carbocycles. The number of hydrogen-bond acceptors (Lipinski definition) is 3. The molecule has 0 aliphatic carbocycles. The summed E-state index contributed by atoms with van der Waals surface area (Å²) in [6.07, 6.45) is 8.18. The second-order valence-electron chi connectivity index (χ2n) is 5.49. The van der Waals surface area contributed by atoms with E-state index in [0.717, 1.165) is 24.8 Å². The van der Waals surface area contributed by atoms with Crippen LogP contribution in [0, 0.1) is 0 Å². The third-order valence-electron chi connectivity index (χ3n) is 3.44. The van der Waals surface area contributed by atoms with Gasteiger partial charge in [-0.25, -0.2) is 8.42 Å². The quantitative estimate of drug-likeness (QED) is 0.629. The number of hydrogen-bond donors (Lipinski definition) is 1. The van der Waals surface area contributed by atoms with Crippen molar-refractivity contribution in [3.8, 4) is 0 Å². The van der Waals surface area contributed by atoms with Gasteiger partial charge in [0.15, 0.2) is 0 Å². The monoisotopic (exact) mass is 339 g/mol. The highest BCUT2D eigenvalue weighted by atomic mass is 32.2. The Morgan fingerprint density at radius 1 is 1.13 bits per heavy atom. The molecule has 0 aliphatic rings. The van der Waals surface area contributed by atoms with Crippen LogP contribution in [0.5, 0.6) is 0 Å². The standard InChI is InChI=1S/C17H25NO4S/c1-23(21,22)18(14-8-3-2-7-13-17(19)20)15-9-12-16-10-5-4-6-11-16/h4-6,9-12H,2-3,7-8,13-15H2,1H3,(H,19,20). The molecule has 0 saturated heterocycles. The van der Waals surface area contributed by atoms with Crippen LogP contribution in [0.25, 0.3) is 6.08 Å². The Morgan fingerprint density at radius 3 is 2.39 bits per heavy atom. The van der Waals surface area contributed by atoms with E-state index in [1.807, 2.05) is 42.5 Å². The van der Waals surface area contributed by atoms with E-state index in [4.69, 9.17) is 5.11 Å². The fraction of sp³-hybridized carbons (Fsp3) is 0.471. The van der Waals surface area contributed by atoms with Crippen LogP contribution in [-0.4, -0.2) is 43.1 Å². The van der Waals surface area contributed by atoms with Crippen LogP contribution in [0.15, 0.2) is 36.4 Å². The minimum absolute atomic E-state index is 0.176. The number of nitrogens with zero attached hydrogens (tertiary/aromatic N) is 1. The summed E-state index contributed by atoms with van der Waals surface area (Å²) in [4.78, 5) is 10.4. The molecular weight excluding hydrogens is 314 g/mol. The number of carboxylic acids is 1. The van der Waals surface area contributed by atoms with Crippen molar-refractivity contribution in [1.82, 2.24) is 4.31 Å². The molecule has 0 fully saturated rings. The predicted molar refractivity (Wildman–Crippen MR) is 92.6 cm³/mol. The minimum Gasteiger partial charge on any atom is -0.481 e. The number of benzene rings is 1. The van der Waals surface area contributed by atoms with Crippen LogP contribution < -0.4 is 0 Å². The van der Waals surface area contributed by atoms with Crippen molar-refractivity contribution in [2.75, 3.05) is 19.3 Å². The molecule has 0 saturated carbocycles. The Balaban J connectivity index is 2.39.